The molecule has 1 fully saturated rings. The van der Waals surface area contributed by atoms with Crippen molar-refractivity contribution in [2.75, 3.05) is 27.3 Å². The summed E-state index contributed by atoms with van der Waals surface area (Å²) >= 11 is 0. The highest BCUT2D eigenvalue weighted by Gasteiger charge is 2.44. The molecule has 5 nitrogen and oxygen atoms in total. The smallest absolute Gasteiger partial charge is 0.314 e. The van der Waals surface area contributed by atoms with Crippen molar-refractivity contribution in [3.05, 3.63) is 59.7 Å². The maximum Gasteiger partial charge on any atom is 0.314 e. The summed E-state index contributed by atoms with van der Waals surface area (Å²) in [5, 5.41) is 5.94. The molecular formula is C21H26N2O3. The molecule has 0 saturated heterocycles. The van der Waals surface area contributed by atoms with Crippen LogP contribution in [0.15, 0.2) is 48.5 Å². The van der Waals surface area contributed by atoms with Crippen LogP contribution in [0.3, 0.4) is 0 Å². The van der Waals surface area contributed by atoms with E-state index in [1.165, 1.54) is 5.56 Å². The number of amides is 2. The van der Waals surface area contributed by atoms with Crippen molar-refractivity contribution in [3.8, 4) is 11.5 Å². The molecule has 1 saturated carbocycles. The molecule has 0 radical (unpaired) electrons. The van der Waals surface area contributed by atoms with Gasteiger partial charge in [-0.15, -0.1) is 0 Å². The largest absolute Gasteiger partial charge is 0.497 e. The molecule has 0 spiro atoms. The SMILES string of the molecule is COc1ccc(OC)c(CCNC(=O)NCC2(c3ccccc3)CC2)c1. The number of hydrogen-bond acceptors (Lipinski definition) is 3. The molecule has 2 aromatic carbocycles. The summed E-state index contributed by atoms with van der Waals surface area (Å²) in [6, 6.07) is 16.0. The van der Waals surface area contributed by atoms with Gasteiger partial charge in [0.05, 0.1) is 14.2 Å². The molecule has 0 atom stereocenters. The minimum absolute atomic E-state index is 0.120. The first kappa shape index (κ1) is 18.1. The van der Waals surface area contributed by atoms with E-state index in [-0.39, 0.29) is 11.4 Å². The van der Waals surface area contributed by atoms with Gasteiger partial charge in [-0.05, 0) is 48.6 Å². The highest BCUT2D eigenvalue weighted by atomic mass is 16.5. The molecular weight excluding hydrogens is 328 g/mol. The number of carbonyl (C=O) groups is 1. The fourth-order valence-corrected chi connectivity index (χ4v) is 3.21. The zero-order valence-corrected chi connectivity index (χ0v) is 15.4. The van der Waals surface area contributed by atoms with Gasteiger partial charge in [0.15, 0.2) is 0 Å². The third kappa shape index (κ3) is 4.28. The van der Waals surface area contributed by atoms with Crippen LogP contribution in [0, 0.1) is 0 Å². The van der Waals surface area contributed by atoms with Crippen molar-refractivity contribution >= 4 is 6.03 Å². The molecule has 2 amide bonds. The molecule has 1 aliphatic carbocycles. The number of benzene rings is 2. The lowest BCUT2D eigenvalue weighted by atomic mass is 9.96. The number of urea groups is 1. The predicted octanol–water partition coefficient (Wildman–Crippen LogP) is 3.28. The quantitative estimate of drug-likeness (QED) is 0.765. The lowest BCUT2D eigenvalue weighted by molar-refractivity contribution is 0.240. The van der Waals surface area contributed by atoms with Crippen LogP contribution < -0.4 is 20.1 Å². The van der Waals surface area contributed by atoms with Gasteiger partial charge in [0.25, 0.3) is 0 Å². The maximum absolute atomic E-state index is 12.1. The van der Waals surface area contributed by atoms with E-state index < -0.39 is 0 Å². The van der Waals surface area contributed by atoms with Crippen molar-refractivity contribution in [2.45, 2.75) is 24.7 Å². The zero-order valence-electron chi connectivity index (χ0n) is 15.4. The second-order valence-corrected chi connectivity index (χ2v) is 6.68. The lowest BCUT2D eigenvalue weighted by Crippen LogP contribution is -2.40. The molecule has 0 unspecified atom stereocenters. The van der Waals surface area contributed by atoms with Gasteiger partial charge in [0.2, 0.25) is 0 Å². The summed E-state index contributed by atoms with van der Waals surface area (Å²) < 4.78 is 10.6. The predicted molar refractivity (Wildman–Crippen MR) is 102 cm³/mol. The van der Waals surface area contributed by atoms with Gasteiger partial charge >= 0.3 is 6.03 Å². The van der Waals surface area contributed by atoms with Crippen LogP contribution in [0.2, 0.25) is 0 Å². The molecule has 5 heteroatoms. The van der Waals surface area contributed by atoms with Crippen LogP contribution >= 0.6 is 0 Å². The molecule has 0 bridgehead atoms. The van der Waals surface area contributed by atoms with E-state index in [4.69, 9.17) is 9.47 Å². The maximum atomic E-state index is 12.1. The molecule has 2 aromatic rings. The Hall–Kier alpha value is -2.69. The second kappa shape index (κ2) is 8.13. The van der Waals surface area contributed by atoms with Crippen LogP contribution in [-0.4, -0.2) is 33.3 Å². The van der Waals surface area contributed by atoms with E-state index in [0.717, 1.165) is 29.9 Å². The fraction of sp³-hybridized carbons (Fsp3) is 0.381. The van der Waals surface area contributed by atoms with Gasteiger partial charge in [0.1, 0.15) is 11.5 Å². The first-order valence-corrected chi connectivity index (χ1v) is 8.95. The second-order valence-electron chi connectivity index (χ2n) is 6.68. The molecule has 0 aliphatic heterocycles. The van der Waals surface area contributed by atoms with Crippen LogP contribution in [0.4, 0.5) is 4.79 Å². The van der Waals surface area contributed by atoms with E-state index in [2.05, 4.69) is 34.9 Å². The third-order valence-corrected chi connectivity index (χ3v) is 4.99. The highest BCUT2D eigenvalue weighted by Crippen LogP contribution is 2.47. The van der Waals surface area contributed by atoms with Crippen LogP contribution in [0.1, 0.15) is 24.0 Å². The number of carbonyl (C=O) groups excluding carboxylic acids is 1. The lowest BCUT2D eigenvalue weighted by Gasteiger charge is -2.17. The fourth-order valence-electron chi connectivity index (χ4n) is 3.21. The van der Waals surface area contributed by atoms with Gasteiger partial charge in [0, 0.05) is 18.5 Å². The third-order valence-electron chi connectivity index (χ3n) is 4.99. The van der Waals surface area contributed by atoms with E-state index in [0.29, 0.717) is 19.5 Å². The average Bonchev–Trinajstić information content (AvgIpc) is 3.48. The summed E-state index contributed by atoms with van der Waals surface area (Å²) in [5.41, 5.74) is 2.44. The zero-order chi connectivity index (χ0) is 18.4. The molecule has 3 rings (SSSR count). The summed E-state index contributed by atoms with van der Waals surface area (Å²) in [4.78, 5) is 12.1. The summed E-state index contributed by atoms with van der Waals surface area (Å²) in [6.07, 6.45) is 2.92. The molecule has 0 aromatic heterocycles. The van der Waals surface area contributed by atoms with Gasteiger partial charge < -0.3 is 20.1 Å². The number of hydrogen-bond donors (Lipinski definition) is 2. The van der Waals surface area contributed by atoms with Crippen molar-refractivity contribution in [1.29, 1.82) is 0 Å². The first-order valence-electron chi connectivity index (χ1n) is 8.95. The Labute approximate surface area is 154 Å². The van der Waals surface area contributed by atoms with Crippen molar-refractivity contribution in [3.63, 3.8) is 0 Å². The number of ether oxygens (including phenoxy) is 2. The van der Waals surface area contributed by atoms with Crippen molar-refractivity contribution < 1.29 is 14.3 Å². The van der Waals surface area contributed by atoms with Crippen molar-refractivity contribution in [1.82, 2.24) is 10.6 Å². The standard InChI is InChI=1S/C21H26N2O3/c1-25-18-8-9-19(26-2)16(14-18)10-13-22-20(24)23-15-21(11-12-21)17-6-4-3-5-7-17/h3-9,14H,10-13,15H2,1-2H3,(H2,22,23,24). The van der Waals surface area contributed by atoms with Crippen molar-refractivity contribution in [2.24, 2.45) is 0 Å². The normalized spacial score (nSPS) is 14.4. The average molecular weight is 354 g/mol. The Kier molecular flexibility index (Phi) is 5.66. The monoisotopic (exact) mass is 354 g/mol. The van der Waals surface area contributed by atoms with Gasteiger partial charge in [-0.1, -0.05) is 30.3 Å². The van der Waals surface area contributed by atoms with Crippen LogP contribution in [-0.2, 0) is 11.8 Å². The van der Waals surface area contributed by atoms with Gasteiger partial charge in [-0.25, -0.2) is 4.79 Å². The molecule has 2 N–H and O–H groups in total. The van der Waals surface area contributed by atoms with E-state index in [1.807, 2.05) is 24.3 Å². The van der Waals surface area contributed by atoms with E-state index >= 15 is 0 Å². The van der Waals surface area contributed by atoms with E-state index in [1.54, 1.807) is 14.2 Å². The highest BCUT2D eigenvalue weighted by molar-refractivity contribution is 5.74. The Morgan fingerprint density at radius 3 is 2.46 bits per heavy atom. The molecule has 26 heavy (non-hydrogen) atoms. The summed E-state index contributed by atoms with van der Waals surface area (Å²) in [7, 11) is 3.28. The van der Waals surface area contributed by atoms with E-state index in [9.17, 15) is 4.79 Å². The number of nitrogens with one attached hydrogen (secondary N) is 2. The van der Waals surface area contributed by atoms with Gasteiger partial charge in [-0.2, -0.15) is 0 Å². The minimum Gasteiger partial charge on any atom is -0.497 e. The Balaban J connectivity index is 1.47. The summed E-state index contributed by atoms with van der Waals surface area (Å²) in [6.45, 7) is 1.21. The number of methoxy groups -OCH3 is 2. The Morgan fingerprint density at radius 2 is 1.81 bits per heavy atom. The Bertz CT molecular complexity index is 742. The van der Waals surface area contributed by atoms with Crippen LogP contribution in [0.5, 0.6) is 11.5 Å². The first-order chi connectivity index (χ1) is 12.7. The molecule has 1 aliphatic rings. The Morgan fingerprint density at radius 1 is 1.04 bits per heavy atom. The number of rotatable bonds is 8. The molecule has 138 valence electrons. The molecule has 0 heterocycles. The van der Waals surface area contributed by atoms with Crippen LogP contribution in [0.25, 0.3) is 0 Å². The minimum atomic E-state index is -0.130. The van der Waals surface area contributed by atoms with Gasteiger partial charge in [-0.3, -0.25) is 0 Å². The topological polar surface area (TPSA) is 59.6 Å². The summed E-state index contributed by atoms with van der Waals surface area (Å²) in [5.74, 6) is 1.58.